The molecule has 0 saturated carbocycles. The highest BCUT2D eigenvalue weighted by Crippen LogP contribution is 2.09. The molecule has 1 atom stereocenters. The van der Waals surface area contributed by atoms with Crippen molar-refractivity contribution in [3.05, 3.63) is 0 Å². The fourth-order valence-corrected chi connectivity index (χ4v) is 1.42. The summed E-state index contributed by atoms with van der Waals surface area (Å²) < 4.78 is 27.6. The minimum absolute atomic E-state index is 0.214. The van der Waals surface area contributed by atoms with E-state index in [1.165, 1.54) is 7.11 Å². The number of alkyl halides is 2. The van der Waals surface area contributed by atoms with Crippen molar-refractivity contribution >= 4 is 17.7 Å². The topological polar surface area (TPSA) is 52.3 Å². The predicted octanol–water partition coefficient (Wildman–Crippen LogP) is 0.875. The highest BCUT2D eigenvalue weighted by Gasteiger charge is 2.13. The highest BCUT2D eigenvalue weighted by molar-refractivity contribution is 7.99. The molecule has 0 amide bonds. The van der Waals surface area contributed by atoms with Crippen molar-refractivity contribution in [3.63, 3.8) is 0 Å². The Morgan fingerprint density at radius 1 is 1.62 bits per heavy atom. The van der Waals surface area contributed by atoms with Gasteiger partial charge >= 0.3 is 5.97 Å². The van der Waals surface area contributed by atoms with Crippen LogP contribution in [0.4, 0.5) is 8.78 Å². The van der Waals surface area contributed by atoms with E-state index in [4.69, 9.17) is 5.73 Å². The van der Waals surface area contributed by atoms with Gasteiger partial charge in [0.1, 0.15) is 6.04 Å². The zero-order chi connectivity index (χ0) is 10.3. The SMILES string of the molecule is COC(=O)C(N)CCSCC(F)F. The molecule has 0 aliphatic carbocycles. The largest absolute Gasteiger partial charge is 0.468 e. The molecule has 0 radical (unpaired) electrons. The number of hydrogen-bond acceptors (Lipinski definition) is 4. The smallest absolute Gasteiger partial charge is 0.322 e. The lowest BCUT2D eigenvalue weighted by atomic mass is 10.2. The number of nitrogens with two attached hydrogens (primary N) is 1. The van der Waals surface area contributed by atoms with Crippen molar-refractivity contribution in [2.75, 3.05) is 18.6 Å². The standard InChI is InChI=1S/C7H13F2NO2S/c1-12-7(11)5(10)2-3-13-4-6(8)9/h5-6H,2-4,10H2,1H3. The number of esters is 1. The van der Waals surface area contributed by atoms with Gasteiger partial charge in [0, 0.05) is 0 Å². The van der Waals surface area contributed by atoms with Crippen molar-refractivity contribution in [1.29, 1.82) is 0 Å². The Morgan fingerprint density at radius 3 is 2.69 bits per heavy atom. The molecule has 0 bridgehead atoms. The van der Waals surface area contributed by atoms with Crippen LogP contribution < -0.4 is 5.73 Å². The van der Waals surface area contributed by atoms with E-state index in [0.717, 1.165) is 11.8 Å². The second-order valence-electron chi connectivity index (χ2n) is 2.38. The maximum Gasteiger partial charge on any atom is 0.322 e. The number of methoxy groups -OCH3 is 1. The van der Waals surface area contributed by atoms with Gasteiger partial charge in [0.2, 0.25) is 6.43 Å². The van der Waals surface area contributed by atoms with E-state index in [2.05, 4.69) is 4.74 Å². The molecule has 0 aliphatic rings. The summed E-state index contributed by atoms with van der Waals surface area (Å²) in [6.45, 7) is 0. The van der Waals surface area contributed by atoms with Crippen LogP contribution in [0, 0.1) is 0 Å². The van der Waals surface area contributed by atoms with Crippen LogP contribution >= 0.6 is 11.8 Å². The van der Waals surface area contributed by atoms with E-state index < -0.39 is 18.4 Å². The molecule has 0 heterocycles. The average molecular weight is 213 g/mol. The predicted molar refractivity (Wildman–Crippen MR) is 47.9 cm³/mol. The Hall–Kier alpha value is -0.360. The van der Waals surface area contributed by atoms with Gasteiger partial charge in [-0.1, -0.05) is 0 Å². The molecule has 0 spiro atoms. The zero-order valence-electron chi connectivity index (χ0n) is 7.33. The van der Waals surface area contributed by atoms with Crippen molar-refractivity contribution < 1.29 is 18.3 Å². The molecule has 0 fully saturated rings. The number of carbonyl (C=O) groups is 1. The molecule has 0 saturated heterocycles. The molecule has 6 heteroatoms. The summed E-state index contributed by atoms with van der Waals surface area (Å²) in [4.78, 5) is 10.7. The Labute approximate surface area is 80.0 Å². The van der Waals surface area contributed by atoms with E-state index in [1.807, 2.05) is 0 Å². The van der Waals surface area contributed by atoms with Gasteiger partial charge in [-0.2, -0.15) is 11.8 Å². The van der Waals surface area contributed by atoms with Crippen LogP contribution in [0.2, 0.25) is 0 Å². The first-order chi connectivity index (χ1) is 6.07. The van der Waals surface area contributed by atoms with E-state index in [1.54, 1.807) is 0 Å². The first-order valence-electron chi connectivity index (χ1n) is 3.77. The van der Waals surface area contributed by atoms with Gasteiger partial charge in [-0.3, -0.25) is 4.79 Å². The molecule has 1 unspecified atom stereocenters. The molecule has 0 aromatic rings. The summed E-state index contributed by atoms with van der Waals surface area (Å²) >= 11 is 1.08. The molecular weight excluding hydrogens is 200 g/mol. The number of rotatable bonds is 6. The van der Waals surface area contributed by atoms with Crippen molar-refractivity contribution in [2.24, 2.45) is 5.73 Å². The van der Waals surface area contributed by atoms with Crippen molar-refractivity contribution in [3.8, 4) is 0 Å². The molecule has 0 aromatic carbocycles. The quantitative estimate of drug-likeness (QED) is 0.525. The molecule has 78 valence electrons. The minimum atomic E-state index is -2.31. The van der Waals surface area contributed by atoms with Crippen molar-refractivity contribution in [1.82, 2.24) is 0 Å². The third-order valence-corrected chi connectivity index (χ3v) is 2.33. The molecule has 13 heavy (non-hydrogen) atoms. The lowest BCUT2D eigenvalue weighted by Gasteiger charge is -2.07. The third-order valence-electron chi connectivity index (χ3n) is 1.32. The van der Waals surface area contributed by atoms with Gasteiger partial charge in [-0.15, -0.1) is 0 Å². The molecule has 0 rings (SSSR count). The molecule has 0 aliphatic heterocycles. The molecular formula is C7H13F2NO2S. The second kappa shape index (κ2) is 7.08. The van der Waals surface area contributed by atoms with Gasteiger partial charge in [0.15, 0.2) is 0 Å². The normalized spacial score (nSPS) is 13.0. The number of halogens is 2. The lowest BCUT2D eigenvalue weighted by molar-refractivity contribution is -0.142. The second-order valence-corrected chi connectivity index (χ2v) is 3.53. The lowest BCUT2D eigenvalue weighted by Crippen LogP contribution is -2.32. The highest BCUT2D eigenvalue weighted by atomic mass is 32.2. The molecule has 0 aromatic heterocycles. The van der Waals surface area contributed by atoms with Crippen molar-refractivity contribution in [2.45, 2.75) is 18.9 Å². The Morgan fingerprint density at radius 2 is 2.23 bits per heavy atom. The minimum Gasteiger partial charge on any atom is -0.468 e. The maximum absolute atomic E-state index is 11.6. The van der Waals surface area contributed by atoms with Crippen LogP contribution in [0.3, 0.4) is 0 Å². The van der Waals surface area contributed by atoms with E-state index in [0.29, 0.717) is 12.2 Å². The molecule has 3 nitrogen and oxygen atoms in total. The fraction of sp³-hybridized carbons (Fsp3) is 0.857. The average Bonchev–Trinajstić information content (AvgIpc) is 2.10. The summed E-state index contributed by atoms with van der Waals surface area (Å²) in [5.41, 5.74) is 5.37. The fourth-order valence-electron chi connectivity index (χ4n) is 0.652. The summed E-state index contributed by atoms with van der Waals surface area (Å²) in [7, 11) is 1.24. The van der Waals surface area contributed by atoms with E-state index >= 15 is 0 Å². The number of ether oxygens (including phenoxy) is 1. The van der Waals surface area contributed by atoms with Crippen LogP contribution in [0.5, 0.6) is 0 Å². The van der Waals surface area contributed by atoms with E-state index in [9.17, 15) is 13.6 Å². The van der Waals surface area contributed by atoms with Crippen LogP contribution in [0.25, 0.3) is 0 Å². The summed E-state index contributed by atoms with van der Waals surface area (Å²) in [5.74, 6) is -0.272. The monoisotopic (exact) mass is 213 g/mol. The zero-order valence-corrected chi connectivity index (χ0v) is 8.15. The van der Waals surface area contributed by atoms with Gasteiger partial charge in [0.25, 0.3) is 0 Å². The van der Waals surface area contributed by atoms with Gasteiger partial charge in [0.05, 0.1) is 12.9 Å². The first-order valence-corrected chi connectivity index (χ1v) is 4.92. The van der Waals surface area contributed by atoms with Crippen LogP contribution in [-0.2, 0) is 9.53 Å². The Balaban J connectivity index is 3.37. The van der Waals surface area contributed by atoms with E-state index in [-0.39, 0.29) is 5.75 Å². The van der Waals surface area contributed by atoms with Crippen LogP contribution in [0.1, 0.15) is 6.42 Å². The number of thioether (sulfide) groups is 1. The van der Waals surface area contributed by atoms with Gasteiger partial charge < -0.3 is 10.5 Å². The summed E-state index contributed by atoms with van der Waals surface area (Å²) in [6, 6.07) is -0.699. The first kappa shape index (κ1) is 12.6. The summed E-state index contributed by atoms with van der Waals surface area (Å²) in [6.07, 6.45) is -1.94. The summed E-state index contributed by atoms with van der Waals surface area (Å²) in [5, 5.41) is 0. The van der Waals surface area contributed by atoms with Gasteiger partial charge in [-0.25, -0.2) is 8.78 Å². The van der Waals surface area contributed by atoms with Gasteiger partial charge in [-0.05, 0) is 12.2 Å². The third kappa shape index (κ3) is 6.77. The maximum atomic E-state index is 11.6. The number of hydrogen-bond donors (Lipinski definition) is 1. The van der Waals surface area contributed by atoms with Crippen LogP contribution in [-0.4, -0.2) is 37.1 Å². The Kier molecular flexibility index (Phi) is 6.89. The van der Waals surface area contributed by atoms with Crippen LogP contribution in [0.15, 0.2) is 0 Å². The number of carbonyl (C=O) groups excluding carboxylic acids is 1. The Bertz CT molecular complexity index is 157. The molecule has 2 N–H and O–H groups in total.